The molecule has 1 aromatic rings. The Kier molecular flexibility index (Phi) is 2.81. The van der Waals surface area contributed by atoms with Gasteiger partial charge in [-0.15, -0.1) is 0 Å². The average Bonchev–Trinajstić information content (AvgIpc) is 2.66. The first kappa shape index (κ1) is 11.1. The van der Waals surface area contributed by atoms with Crippen LogP contribution in [-0.2, 0) is 6.42 Å². The summed E-state index contributed by atoms with van der Waals surface area (Å²) >= 11 is 0. The minimum absolute atomic E-state index is 0.280. The predicted molar refractivity (Wildman–Crippen MR) is 69.7 cm³/mol. The lowest BCUT2D eigenvalue weighted by Gasteiger charge is -2.40. The minimum Gasteiger partial charge on any atom is -0.395 e. The van der Waals surface area contributed by atoms with Crippen LogP contribution in [0.4, 0.5) is 5.69 Å². The molecule has 1 N–H and O–H groups in total. The third kappa shape index (κ3) is 1.83. The normalized spacial score (nSPS) is 20.5. The van der Waals surface area contributed by atoms with Gasteiger partial charge in [-0.3, -0.25) is 4.90 Å². The first-order valence-corrected chi connectivity index (χ1v) is 6.45. The smallest absolute Gasteiger partial charge is 0.0558 e. The van der Waals surface area contributed by atoms with Gasteiger partial charge >= 0.3 is 0 Å². The van der Waals surface area contributed by atoms with Gasteiger partial charge in [-0.05, 0) is 23.6 Å². The fourth-order valence-corrected chi connectivity index (χ4v) is 3.10. The lowest BCUT2D eigenvalue weighted by molar-refractivity contribution is 0.115. The van der Waals surface area contributed by atoms with Crippen LogP contribution < -0.4 is 4.90 Å². The molecule has 2 aliphatic heterocycles. The van der Waals surface area contributed by atoms with E-state index >= 15 is 0 Å². The molecular formula is C14H20N2O. The summed E-state index contributed by atoms with van der Waals surface area (Å²) in [5, 5.41) is 8.90. The first-order valence-electron chi connectivity index (χ1n) is 6.45. The molecule has 3 nitrogen and oxygen atoms in total. The number of aliphatic hydroxyl groups excluding tert-OH is 1. The Morgan fingerprint density at radius 1 is 1.35 bits per heavy atom. The summed E-state index contributed by atoms with van der Waals surface area (Å²) in [6, 6.07) is 6.71. The van der Waals surface area contributed by atoms with E-state index in [-0.39, 0.29) is 6.61 Å². The fraction of sp³-hybridized carbons (Fsp3) is 0.571. The van der Waals surface area contributed by atoms with E-state index in [9.17, 15) is 0 Å². The highest BCUT2D eigenvalue weighted by Gasteiger charge is 2.31. The number of likely N-dealkylation sites (tertiary alicyclic amines) is 1. The summed E-state index contributed by atoms with van der Waals surface area (Å²) in [7, 11) is 2.18. The Hall–Kier alpha value is -1.06. The van der Waals surface area contributed by atoms with Crippen LogP contribution in [0, 0.1) is 0 Å². The van der Waals surface area contributed by atoms with Crippen molar-refractivity contribution in [3.8, 4) is 0 Å². The van der Waals surface area contributed by atoms with Crippen LogP contribution >= 0.6 is 0 Å². The van der Waals surface area contributed by atoms with E-state index in [1.54, 1.807) is 11.1 Å². The number of hydrogen-bond acceptors (Lipinski definition) is 3. The second-order valence-corrected chi connectivity index (χ2v) is 5.20. The van der Waals surface area contributed by atoms with E-state index < -0.39 is 0 Å². The van der Waals surface area contributed by atoms with Crippen molar-refractivity contribution in [3.63, 3.8) is 0 Å². The van der Waals surface area contributed by atoms with Gasteiger partial charge in [-0.2, -0.15) is 0 Å². The van der Waals surface area contributed by atoms with Crippen LogP contribution in [0.5, 0.6) is 0 Å². The molecular weight excluding hydrogens is 212 g/mol. The molecule has 1 fully saturated rings. The van der Waals surface area contributed by atoms with Gasteiger partial charge in [0.1, 0.15) is 0 Å². The zero-order valence-electron chi connectivity index (χ0n) is 10.4. The Morgan fingerprint density at radius 3 is 2.94 bits per heavy atom. The molecule has 1 aromatic carbocycles. The average molecular weight is 232 g/mol. The lowest BCUT2D eigenvalue weighted by atomic mass is 9.87. The van der Waals surface area contributed by atoms with Gasteiger partial charge in [0, 0.05) is 44.8 Å². The van der Waals surface area contributed by atoms with E-state index in [0.717, 1.165) is 26.2 Å². The van der Waals surface area contributed by atoms with E-state index in [4.69, 9.17) is 5.11 Å². The summed E-state index contributed by atoms with van der Waals surface area (Å²) < 4.78 is 0. The summed E-state index contributed by atoms with van der Waals surface area (Å²) in [4.78, 5) is 4.67. The van der Waals surface area contributed by atoms with Crippen molar-refractivity contribution in [3.05, 3.63) is 29.3 Å². The summed E-state index contributed by atoms with van der Waals surface area (Å²) in [6.45, 7) is 4.48. The van der Waals surface area contributed by atoms with Gasteiger partial charge in [-0.25, -0.2) is 0 Å². The van der Waals surface area contributed by atoms with Gasteiger partial charge in [0.05, 0.1) is 6.61 Å². The standard InChI is InChI=1S/C14H20N2O/c1-15-6-5-13-12(3-2-4-14(13)15)11-9-16(10-11)7-8-17/h2-4,11,17H,5-10H2,1H3. The van der Waals surface area contributed by atoms with Gasteiger partial charge in [-0.1, -0.05) is 12.1 Å². The number of benzene rings is 1. The number of likely N-dealkylation sites (N-methyl/N-ethyl adjacent to an activating group) is 1. The molecule has 3 heteroatoms. The van der Waals surface area contributed by atoms with Crippen LogP contribution in [0.1, 0.15) is 17.0 Å². The van der Waals surface area contributed by atoms with Crippen LogP contribution in [-0.4, -0.2) is 49.8 Å². The summed E-state index contributed by atoms with van der Waals surface area (Å²) in [6.07, 6.45) is 1.19. The number of nitrogens with zero attached hydrogens (tertiary/aromatic N) is 2. The highest BCUT2D eigenvalue weighted by Crippen LogP contribution is 2.36. The molecule has 2 heterocycles. The molecule has 0 atom stereocenters. The zero-order valence-corrected chi connectivity index (χ0v) is 10.4. The molecule has 0 saturated carbocycles. The quantitative estimate of drug-likeness (QED) is 0.844. The van der Waals surface area contributed by atoms with Gasteiger partial charge in [0.15, 0.2) is 0 Å². The second kappa shape index (κ2) is 4.31. The van der Waals surface area contributed by atoms with Gasteiger partial charge in [0.2, 0.25) is 0 Å². The molecule has 17 heavy (non-hydrogen) atoms. The number of rotatable bonds is 3. The first-order chi connectivity index (χ1) is 8.29. The summed E-state index contributed by atoms with van der Waals surface area (Å²) in [5.74, 6) is 0.683. The third-order valence-electron chi connectivity index (χ3n) is 4.11. The molecule has 92 valence electrons. The van der Waals surface area contributed by atoms with Gasteiger partial charge < -0.3 is 10.0 Å². The maximum Gasteiger partial charge on any atom is 0.0558 e. The highest BCUT2D eigenvalue weighted by atomic mass is 16.3. The molecule has 2 aliphatic rings. The Bertz CT molecular complexity index is 413. The van der Waals surface area contributed by atoms with Crippen LogP contribution in [0.3, 0.4) is 0 Å². The number of fused-ring (bicyclic) bond motifs is 1. The van der Waals surface area contributed by atoms with E-state index in [1.807, 2.05) is 0 Å². The van der Waals surface area contributed by atoms with Crippen molar-refractivity contribution < 1.29 is 5.11 Å². The summed E-state index contributed by atoms with van der Waals surface area (Å²) in [5.41, 5.74) is 4.52. The maximum absolute atomic E-state index is 8.90. The Labute approximate surface area is 103 Å². The molecule has 0 bridgehead atoms. The monoisotopic (exact) mass is 232 g/mol. The van der Waals surface area contributed by atoms with Crippen molar-refractivity contribution in [1.29, 1.82) is 0 Å². The zero-order chi connectivity index (χ0) is 11.8. The topological polar surface area (TPSA) is 26.7 Å². The highest BCUT2D eigenvalue weighted by molar-refractivity contribution is 5.61. The second-order valence-electron chi connectivity index (χ2n) is 5.20. The lowest BCUT2D eigenvalue weighted by Crippen LogP contribution is -2.46. The molecule has 0 aromatic heterocycles. The van der Waals surface area contributed by atoms with Crippen molar-refractivity contribution in [2.45, 2.75) is 12.3 Å². The third-order valence-corrected chi connectivity index (χ3v) is 4.11. The van der Waals surface area contributed by atoms with Crippen molar-refractivity contribution in [2.75, 3.05) is 44.7 Å². The number of anilines is 1. The Morgan fingerprint density at radius 2 is 2.18 bits per heavy atom. The molecule has 0 unspecified atom stereocenters. The van der Waals surface area contributed by atoms with E-state index in [2.05, 4.69) is 35.0 Å². The van der Waals surface area contributed by atoms with Crippen LogP contribution in [0.2, 0.25) is 0 Å². The van der Waals surface area contributed by atoms with Crippen LogP contribution in [0.25, 0.3) is 0 Å². The molecule has 0 spiro atoms. The number of aliphatic hydroxyl groups is 1. The molecule has 0 aliphatic carbocycles. The number of β-amino-alcohol motifs (C(OH)–C–C–N with tert-alkyl or cyclic N) is 1. The van der Waals surface area contributed by atoms with Crippen molar-refractivity contribution in [1.82, 2.24) is 4.90 Å². The van der Waals surface area contributed by atoms with Gasteiger partial charge in [0.25, 0.3) is 0 Å². The van der Waals surface area contributed by atoms with Crippen LogP contribution in [0.15, 0.2) is 18.2 Å². The van der Waals surface area contributed by atoms with Crippen molar-refractivity contribution in [2.24, 2.45) is 0 Å². The molecule has 0 amide bonds. The molecule has 0 radical (unpaired) electrons. The van der Waals surface area contributed by atoms with E-state index in [1.165, 1.54) is 12.1 Å². The maximum atomic E-state index is 8.90. The minimum atomic E-state index is 0.280. The largest absolute Gasteiger partial charge is 0.395 e. The number of hydrogen-bond donors (Lipinski definition) is 1. The van der Waals surface area contributed by atoms with Crippen molar-refractivity contribution >= 4 is 5.69 Å². The fourth-order valence-electron chi connectivity index (χ4n) is 3.10. The predicted octanol–water partition coefficient (Wildman–Crippen LogP) is 1.07. The molecule has 1 saturated heterocycles. The molecule has 3 rings (SSSR count). The Balaban J connectivity index is 1.77. The SMILES string of the molecule is CN1CCc2c(C3CN(CCO)C3)cccc21. The van der Waals surface area contributed by atoms with E-state index in [0.29, 0.717) is 5.92 Å².